The number of nitrogens with two attached hydrogens (primary N) is 1. The van der Waals surface area contributed by atoms with Crippen molar-refractivity contribution < 1.29 is 9.18 Å². The van der Waals surface area contributed by atoms with Gasteiger partial charge in [-0.2, -0.15) is 0 Å². The Bertz CT molecular complexity index is 407. The standard InChI is InChI=1S/C13H18FNO/c1-8-7-9(14)5-6-10(8)11(16)12(15)13(2,3)4/h5-7,12H,15H2,1-4H3. The molecule has 2 N–H and O–H groups in total. The Hall–Kier alpha value is -1.22. The third kappa shape index (κ3) is 2.67. The van der Waals surface area contributed by atoms with Gasteiger partial charge in [-0.1, -0.05) is 20.8 Å². The molecule has 0 saturated heterocycles. The number of benzene rings is 1. The van der Waals surface area contributed by atoms with Crippen molar-refractivity contribution in [2.45, 2.75) is 33.7 Å². The fourth-order valence-electron chi connectivity index (χ4n) is 1.46. The molecule has 2 nitrogen and oxygen atoms in total. The Morgan fingerprint density at radius 1 is 1.38 bits per heavy atom. The smallest absolute Gasteiger partial charge is 0.180 e. The van der Waals surface area contributed by atoms with E-state index in [1.54, 1.807) is 6.92 Å². The number of rotatable bonds is 2. The molecule has 0 aliphatic carbocycles. The third-order valence-electron chi connectivity index (χ3n) is 2.67. The fraction of sp³-hybridized carbons (Fsp3) is 0.462. The number of carbonyl (C=O) groups is 1. The molecule has 0 bridgehead atoms. The summed E-state index contributed by atoms with van der Waals surface area (Å²) in [6, 6.07) is 3.56. The number of halogens is 1. The van der Waals surface area contributed by atoms with Gasteiger partial charge in [0, 0.05) is 5.56 Å². The minimum absolute atomic E-state index is 0.134. The van der Waals surface area contributed by atoms with Crippen LogP contribution >= 0.6 is 0 Å². The van der Waals surface area contributed by atoms with E-state index < -0.39 is 6.04 Å². The number of hydrogen-bond acceptors (Lipinski definition) is 2. The van der Waals surface area contributed by atoms with Crippen LogP contribution in [0.3, 0.4) is 0 Å². The van der Waals surface area contributed by atoms with Crippen LogP contribution in [0.4, 0.5) is 4.39 Å². The van der Waals surface area contributed by atoms with E-state index in [0.29, 0.717) is 11.1 Å². The van der Waals surface area contributed by atoms with E-state index >= 15 is 0 Å². The van der Waals surface area contributed by atoms with E-state index in [-0.39, 0.29) is 17.0 Å². The van der Waals surface area contributed by atoms with Crippen molar-refractivity contribution in [1.82, 2.24) is 0 Å². The molecule has 1 aromatic rings. The number of hydrogen-bond donors (Lipinski definition) is 1. The summed E-state index contributed by atoms with van der Waals surface area (Å²) in [7, 11) is 0. The van der Waals surface area contributed by atoms with Crippen LogP contribution in [-0.2, 0) is 0 Å². The van der Waals surface area contributed by atoms with Gasteiger partial charge in [-0.25, -0.2) is 4.39 Å². The normalized spacial score (nSPS) is 13.6. The maximum atomic E-state index is 12.9. The molecule has 3 heteroatoms. The Morgan fingerprint density at radius 2 is 1.94 bits per heavy atom. The summed E-state index contributed by atoms with van der Waals surface area (Å²) in [6.45, 7) is 7.45. The van der Waals surface area contributed by atoms with Crippen LogP contribution in [0.15, 0.2) is 18.2 Å². The lowest BCUT2D eigenvalue weighted by Crippen LogP contribution is -2.42. The van der Waals surface area contributed by atoms with Crippen molar-refractivity contribution in [1.29, 1.82) is 0 Å². The van der Waals surface area contributed by atoms with Crippen LogP contribution in [0.5, 0.6) is 0 Å². The van der Waals surface area contributed by atoms with E-state index in [9.17, 15) is 9.18 Å². The van der Waals surface area contributed by atoms with Crippen molar-refractivity contribution in [2.75, 3.05) is 0 Å². The largest absolute Gasteiger partial charge is 0.321 e. The van der Waals surface area contributed by atoms with Crippen LogP contribution in [-0.4, -0.2) is 11.8 Å². The minimum atomic E-state index is -0.573. The predicted octanol–water partition coefficient (Wildman–Crippen LogP) is 2.69. The zero-order valence-corrected chi connectivity index (χ0v) is 10.2. The van der Waals surface area contributed by atoms with Gasteiger partial charge in [-0.05, 0) is 36.1 Å². The summed E-state index contributed by atoms with van der Waals surface area (Å²) in [5.74, 6) is -0.469. The first-order valence-electron chi connectivity index (χ1n) is 5.29. The highest BCUT2D eigenvalue weighted by atomic mass is 19.1. The fourth-order valence-corrected chi connectivity index (χ4v) is 1.46. The van der Waals surface area contributed by atoms with Crippen molar-refractivity contribution in [3.05, 3.63) is 35.1 Å². The van der Waals surface area contributed by atoms with Gasteiger partial charge >= 0.3 is 0 Å². The van der Waals surface area contributed by atoms with Crippen LogP contribution in [0, 0.1) is 18.2 Å². The maximum Gasteiger partial charge on any atom is 0.180 e. The van der Waals surface area contributed by atoms with Gasteiger partial charge in [0.25, 0.3) is 0 Å². The minimum Gasteiger partial charge on any atom is -0.321 e. The SMILES string of the molecule is Cc1cc(F)ccc1C(=O)C(N)C(C)(C)C. The molecule has 0 aliphatic heterocycles. The molecule has 0 aliphatic rings. The first-order valence-corrected chi connectivity index (χ1v) is 5.29. The molecule has 0 aromatic heterocycles. The van der Waals surface area contributed by atoms with E-state index in [1.165, 1.54) is 18.2 Å². The lowest BCUT2D eigenvalue weighted by molar-refractivity contribution is 0.0900. The van der Waals surface area contributed by atoms with E-state index in [1.807, 2.05) is 20.8 Å². The number of ketones is 1. The summed E-state index contributed by atoms with van der Waals surface area (Å²) < 4.78 is 12.9. The maximum absolute atomic E-state index is 12.9. The van der Waals surface area contributed by atoms with Gasteiger partial charge < -0.3 is 5.73 Å². The van der Waals surface area contributed by atoms with Gasteiger partial charge in [0.15, 0.2) is 5.78 Å². The van der Waals surface area contributed by atoms with Crippen LogP contribution in [0.2, 0.25) is 0 Å². The van der Waals surface area contributed by atoms with Crippen LogP contribution in [0.25, 0.3) is 0 Å². The van der Waals surface area contributed by atoms with Crippen molar-refractivity contribution in [3.63, 3.8) is 0 Å². The second kappa shape index (κ2) is 4.34. The second-order valence-electron chi connectivity index (χ2n) is 5.17. The van der Waals surface area contributed by atoms with E-state index in [4.69, 9.17) is 5.73 Å². The first-order chi connectivity index (χ1) is 7.23. The Balaban J connectivity index is 3.06. The van der Waals surface area contributed by atoms with Gasteiger partial charge in [0.05, 0.1) is 6.04 Å². The number of Topliss-reactive ketones (excluding diaryl/α,β-unsaturated/α-hetero) is 1. The van der Waals surface area contributed by atoms with Gasteiger partial charge in [-0.15, -0.1) is 0 Å². The molecule has 0 spiro atoms. The summed E-state index contributed by atoms with van der Waals surface area (Å²) in [4.78, 5) is 12.1. The molecular weight excluding hydrogens is 205 g/mol. The molecule has 88 valence electrons. The quantitative estimate of drug-likeness (QED) is 0.783. The molecule has 0 radical (unpaired) electrons. The predicted molar refractivity (Wildman–Crippen MR) is 62.9 cm³/mol. The molecule has 0 saturated carbocycles. The lowest BCUT2D eigenvalue weighted by atomic mass is 9.82. The highest BCUT2D eigenvalue weighted by Crippen LogP contribution is 2.22. The summed E-state index contributed by atoms with van der Waals surface area (Å²) in [5.41, 5.74) is 6.73. The summed E-state index contributed by atoms with van der Waals surface area (Å²) in [5, 5.41) is 0. The molecular formula is C13H18FNO. The van der Waals surface area contributed by atoms with Crippen molar-refractivity contribution >= 4 is 5.78 Å². The summed E-state index contributed by atoms with van der Waals surface area (Å²) >= 11 is 0. The molecule has 1 unspecified atom stereocenters. The molecule has 1 atom stereocenters. The zero-order valence-electron chi connectivity index (χ0n) is 10.2. The van der Waals surface area contributed by atoms with Gasteiger partial charge in [0.1, 0.15) is 5.82 Å². The average Bonchev–Trinajstić information content (AvgIpc) is 2.14. The number of aryl methyl sites for hydroxylation is 1. The molecule has 0 heterocycles. The average molecular weight is 223 g/mol. The monoisotopic (exact) mass is 223 g/mol. The Morgan fingerprint density at radius 3 is 2.38 bits per heavy atom. The summed E-state index contributed by atoms with van der Waals surface area (Å²) in [6.07, 6.45) is 0. The second-order valence-corrected chi connectivity index (χ2v) is 5.17. The molecule has 1 aromatic carbocycles. The van der Waals surface area contributed by atoms with E-state index in [0.717, 1.165) is 0 Å². The Kier molecular flexibility index (Phi) is 3.48. The van der Waals surface area contributed by atoms with Crippen molar-refractivity contribution in [3.8, 4) is 0 Å². The highest BCUT2D eigenvalue weighted by molar-refractivity contribution is 6.01. The van der Waals surface area contributed by atoms with Crippen molar-refractivity contribution in [2.24, 2.45) is 11.1 Å². The first kappa shape index (κ1) is 12.8. The van der Waals surface area contributed by atoms with Gasteiger partial charge in [-0.3, -0.25) is 4.79 Å². The van der Waals surface area contributed by atoms with Crippen LogP contribution < -0.4 is 5.73 Å². The third-order valence-corrected chi connectivity index (χ3v) is 2.67. The molecule has 1 rings (SSSR count). The highest BCUT2D eigenvalue weighted by Gasteiger charge is 2.28. The molecule has 16 heavy (non-hydrogen) atoms. The topological polar surface area (TPSA) is 43.1 Å². The Labute approximate surface area is 95.7 Å². The molecule has 0 amide bonds. The number of carbonyl (C=O) groups excluding carboxylic acids is 1. The van der Waals surface area contributed by atoms with Gasteiger partial charge in [0.2, 0.25) is 0 Å². The lowest BCUT2D eigenvalue weighted by Gasteiger charge is -2.26. The van der Waals surface area contributed by atoms with E-state index in [2.05, 4.69) is 0 Å². The van der Waals surface area contributed by atoms with Crippen LogP contribution in [0.1, 0.15) is 36.7 Å². The molecule has 0 fully saturated rings. The zero-order chi connectivity index (χ0) is 12.5.